The number of nitrogens with zero attached hydrogens (tertiary/aromatic N) is 2. The van der Waals surface area contributed by atoms with Gasteiger partial charge in [0.15, 0.2) is 0 Å². The van der Waals surface area contributed by atoms with E-state index in [1.54, 1.807) is 4.90 Å². The Morgan fingerprint density at radius 1 is 1.22 bits per heavy atom. The van der Waals surface area contributed by atoms with Crippen LogP contribution in [0.4, 0.5) is 18.0 Å². The molecule has 0 saturated carbocycles. The van der Waals surface area contributed by atoms with Gasteiger partial charge in [-0.25, -0.2) is 9.78 Å². The molecule has 0 atom stereocenters. The van der Waals surface area contributed by atoms with E-state index in [2.05, 4.69) is 10.3 Å². The molecule has 2 amide bonds. The molecule has 2 saturated heterocycles. The van der Waals surface area contributed by atoms with Gasteiger partial charge in [-0.15, -0.1) is 0 Å². The van der Waals surface area contributed by atoms with Crippen LogP contribution in [0.15, 0.2) is 18.2 Å². The largest absolute Gasteiger partial charge is 0.477 e. The number of likely N-dealkylation sites (tertiary alicyclic amines) is 1. The number of aromatic nitrogens is 1. The molecule has 1 N–H and O–H groups in total. The first-order chi connectivity index (χ1) is 12.9. The lowest BCUT2D eigenvalue weighted by molar-refractivity contribution is -0.141. The van der Waals surface area contributed by atoms with Gasteiger partial charge in [0.05, 0.1) is 6.61 Å². The Morgan fingerprint density at radius 2 is 1.93 bits per heavy atom. The zero-order valence-corrected chi connectivity index (χ0v) is 15.0. The maximum atomic E-state index is 12.7. The van der Waals surface area contributed by atoms with Gasteiger partial charge < -0.3 is 19.7 Å². The molecule has 27 heavy (non-hydrogen) atoms. The Morgan fingerprint density at radius 3 is 2.59 bits per heavy atom. The summed E-state index contributed by atoms with van der Waals surface area (Å²) in [5.41, 5.74) is -0.959. The van der Waals surface area contributed by atoms with Crippen molar-refractivity contribution in [1.29, 1.82) is 0 Å². The lowest BCUT2D eigenvalue weighted by Crippen LogP contribution is -2.49. The van der Waals surface area contributed by atoms with E-state index in [0.717, 1.165) is 31.7 Å². The van der Waals surface area contributed by atoms with Crippen LogP contribution < -0.4 is 10.1 Å². The van der Waals surface area contributed by atoms with E-state index in [-0.39, 0.29) is 23.9 Å². The Balaban J connectivity index is 1.41. The Hall–Kier alpha value is -2.03. The summed E-state index contributed by atoms with van der Waals surface area (Å²) in [6.07, 6.45) is -1.32. The van der Waals surface area contributed by atoms with E-state index in [4.69, 9.17) is 9.47 Å². The van der Waals surface area contributed by atoms with Crippen molar-refractivity contribution in [1.82, 2.24) is 15.2 Å². The van der Waals surface area contributed by atoms with E-state index in [1.165, 1.54) is 12.1 Å². The van der Waals surface area contributed by atoms with Crippen LogP contribution in [0, 0.1) is 5.92 Å². The number of piperidine rings is 1. The first kappa shape index (κ1) is 19.7. The predicted octanol–water partition coefficient (Wildman–Crippen LogP) is 3.08. The van der Waals surface area contributed by atoms with Crippen molar-refractivity contribution in [3.8, 4) is 5.88 Å². The number of hydrogen-bond acceptors (Lipinski definition) is 4. The van der Waals surface area contributed by atoms with Crippen molar-refractivity contribution in [3.63, 3.8) is 0 Å². The summed E-state index contributed by atoms with van der Waals surface area (Å²) in [7, 11) is 0. The molecule has 9 heteroatoms. The van der Waals surface area contributed by atoms with Crippen LogP contribution in [-0.2, 0) is 10.9 Å². The van der Waals surface area contributed by atoms with Crippen LogP contribution in [0.25, 0.3) is 0 Å². The average molecular weight is 387 g/mol. The van der Waals surface area contributed by atoms with Crippen LogP contribution >= 0.6 is 0 Å². The number of urea groups is 1. The second-order valence-electron chi connectivity index (χ2n) is 6.94. The number of carbonyl (C=O) groups excluding carboxylic acids is 1. The second-order valence-corrected chi connectivity index (χ2v) is 6.94. The summed E-state index contributed by atoms with van der Waals surface area (Å²) in [6.45, 7) is 2.86. The molecule has 0 unspecified atom stereocenters. The van der Waals surface area contributed by atoms with Gasteiger partial charge in [-0.1, -0.05) is 6.07 Å². The molecule has 1 aromatic heterocycles. The summed E-state index contributed by atoms with van der Waals surface area (Å²) < 4.78 is 48.8. The number of halogens is 3. The van der Waals surface area contributed by atoms with Gasteiger partial charge in [-0.05, 0) is 37.7 Å². The zero-order valence-electron chi connectivity index (χ0n) is 15.0. The third-order valence-corrected chi connectivity index (χ3v) is 4.93. The first-order valence-corrected chi connectivity index (χ1v) is 9.22. The molecule has 3 heterocycles. The van der Waals surface area contributed by atoms with Gasteiger partial charge in [0, 0.05) is 38.4 Å². The monoisotopic (exact) mass is 387 g/mol. The van der Waals surface area contributed by atoms with E-state index in [1.807, 2.05) is 0 Å². The van der Waals surface area contributed by atoms with E-state index >= 15 is 0 Å². The average Bonchev–Trinajstić information content (AvgIpc) is 2.67. The maximum absolute atomic E-state index is 12.7. The van der Waals surface area contributed by atoms with E-state index < -0.39 is 11.9 Å². The minimum atomic E-state index is -4.48. The van der Waals surface area contributed by atoms with Crippen molar-refractivity contribution < 1.29 is 27.4 Å². The van der Waals surface area contributed by atoms with Crippen molar-refractivity contribution in [2.24, 2.45) is 5.92 Å². The van der Waals surface area contributed by atoms with Gasteiger partial charge in [0.25, 0.3) is 0 Å². The maximum Gasteiger partial charge on any atom is 0.433 e. The highest BCUT2D eigenvalue weighted by Crippen LogP contribution is 2.29. The molecular formula is C18H24F3N3O3. The van der Waals surface area contributed by atoms with Crippen LogP contribution in [0.1, 0.15) is 31.4 Å². The van der Waals surface area contributed by atoms with Crippen LogP contribution in [0.3, 0.4) is 0 Å². The topological polar surface area (TPSA) is 63.7 Å². The SMILES string of the molecule is O=C(NC1CCOCC1)N1CCC(COc2cccc(C(F)(F)F)n2)CC1. The molecular weight excluding hydrogens is 363 g/mol. The molecule has 0 spiro atoms. The molecule has 6 nitrogen and oxygen atoms in total. The number of nitrogens with one attached hydrogen (secondary N) is 1. The van der Waals surface area contributed by atoms with E-state index in [0.29, 0.717) is 32.9 Å². The number of carbonyl (C=O) groups is 1. The Bertz CT molecular complexity index is 628. The van der Waals surface area contributed by atoms with Gasteiger partial charge >= 0.3 is 12.2 Å². The lowest BCUT2D eigenvalue weighted by atomic mass is 9.98. The predicted molar refractivity (Wildman–Crippen MR) is 91.4 cm³/mol. The highest BCUT2D eigenvalue weighted by molar-refractivity contribution is 5.74. The summed E-state index contributed by atoms with van der Waals surface area (Å²) in [5.74, 6) is 0.165. The van der Waals surface area contributed by atoms with E-state index in [9.17, 15) is 18.0 Å². The van der Waals surface area contributed by atoms with Crippen molar-refractivity contribution in [2.45, 2.75) is 37.9 Å². The van der Waals surface area contributed by atoms with Gasteiger partial charge in [0.1, 0.15) is 5.69 Å². The van der Waals surface area contributed by atoms with Crippen LogP contribution in [-0.4, -0.2) is 54.9 Å². The molecule has 2 fully saturated rings. The zero-order chi connectivity index (χ0) is 19.3. The van der Waals surface area contributed by atoms with Crippen molar-refractivity contribution >= 4 is 6.03 Å². The number of pyridine rings is 1. The van der Waals surface area contributed by atoms with Crippen molar-refractivity contribution in [3.05, 3.63) is 23.9 Å². The summed E-state index contributed by atoms with van der Waals surface area (Å²) in [6, 6.07) is 3.74. The standard InChI is InChI=1S/C18H24F3N3O3/c19-18(20,21)15-2-1-3-16(23-15)27-12-13-4-8-24(9-5-13)17(25)22-14-6-10-26-11-7-14/h1-3,13-14H,4-12H2,(H,22,25). The Kier molecular flexibility index (Phi) is 6.41. The lowest BCUT2D eigenvalue weighted by Gasteiger charge is -2.33. The van der Waals surface area contributed by atoms with Crippen LogP contribution in [0.5, 0.6) is 5.88 Å². The van der Waals surface area contributed by atoms with Crippen LogP contribution in [0.2, 0.25) is 0 Å². The second kappa shape index (κ2) is 8.77. The molecule has 0 aliphatic carbocycles. The summed E-state index contributed by atoms with van der Waals surface area (Å²) >= 11 is 0. The minimum absolute atomic E-state index is 0.0236. The number of alkyl halides is 3. The molecule has 150 valence electrons. The fourth-order valence-corrected chi connectivity index (χ4v) is 3.27. The molecule has 2 aliphatic heterocycles. The molecule has 0 aromatic carbocycles. The third kappa shape index (κ3) is 5.72. The van der Waals surface area contributed by atoms with Gasteiger partial charge in [-0.3, -0.25) is 0 Å². The summed E-state index contributed by atoms with van der Waals surface area (Å²) in [5, 5.41) is 3.04. The molecule has 1 aromatic rings. The van der Waals surface area contributed by atoms with Crippen molar-refractivity contribution in [2.75, 3.05) is 32.9 Å². The third-order valence-electron chi connectivity index (χ3n) is 4.93. The van der Waals surface area contributed by atoms with Gasteiger partial charge in [-0.2, -0.15) is 13.2 Å². The highest BCUT2D eigenvalue weighted by Gasteiger charge is 2.33. The number of rotatable bonds is 4. The normalized spacial score (nSPS) is 19.7. The Labute approximate surface area is 156 Å². The summed E-state index contributed by atoms with van der Waals surface area (Å²) in [4.78, 5) is 17.6. The quantitative estimate of drug-likeness (QED) is 0.863. The van der Waals surface area contributed by atoms with Gasteiger partial charge in [0.2, 0.25) is 5.88 Å². The first-order valence-electron chi connectivity index (χ1n) is 9.22. The molecule has 3 rings (SSSR count). The number of amides is 2. The molecule has 0 radical (unpaired) electrons. The fraction of sp³-hybridized carbons (Fsp3) is 0.667. The highest BCUT2D eigenvalue weighted by atomic mass is 19.4. The number of hydrogen-bond donors (Lipinski definition) is 1. The molecule has 0 bridgehead atoms. The number of ether oxygens (including phenoxy) is 2. The minimum Gasteiger partial charge on any atom is -0.477 e. The smallest absolute Gasteiger partial charge is 0.433 e. The fourth-order valence-electron chi connectivity index (χ4n) is 3.27. The molecule has 2 aliphatic rings.